The molecule has 10 heteroatoms. The molecule has 2 amide bonds. The van der Waals surface area contributed by atoms with E-state index >= 15 is 0 Å². The number of methoxy groups -OCH3 is 1. The monoisotopic (exact) mass is 484 g/mol. The van der Waals surface area contributed by atoms with Crippen molar-refractivity contribution in [1.29, 1.82) is 0 Å². The van der Waals surface area contributed by atoms with Gasteiger partial charge in [0.05, 0.1) is 24.3 Å². The molecular weight excluding hydrogens is 456 g/mol. The lowest BCUT2D eigenvalue weighted by atomic mass is 10.2. The Morgan fingerprint density at radius 1 is 0.743 bits per heavy atom. The highest BCUT2D eigenvalue weighted by molar-refractivity contribution is 5.95. The number of amides is 2. The van der Waals surface area contributed by atoms with Crippen LogP contribution < -0.4 is 10.6 Å². The minimum atomic E-state index is -0.609. The number of nitrogens with one attached hydrogen (secondary N) is 2. The molecule has 0 unspecified atom stereocenters. The first kappa shape index (κ1) is 27.0. The standard InChI is InChI=1S/C25H28N2O8/c1-16(2)35-25(32)18-9-13-19(14-10-18)26-21(28)5-4-6-23(30)34-15-22(29)27-20-11-7-17(8-12-20)24(31)33-3/h7-14,16H,4-6,15H2,1-3H3,(H,26,28)(H,27,29). The molecule has 0 atom stereocenters. The Bertz CT molecular complexity index is 1050. The van der Waals surface area contributed by atoms with Crippen LogP contribution in [-0.4, -0.2) is 49.5 Å². The van der Waals surface area contributed by atoms with Gasteiger partial charge in [0.15, 0.2) is 6.61 Å². The second-order valence-electron chi connectivity index (χ2n) is 7.71. The molecule has 186 valence electrons. The lowest BCUT2D eigenvalue weighted by Gasteiger charge is -2.09. The molecule has 2 aromatic carbocycles. The van der Waals surface area contributed by atoms with E-state index in [9.17, 15) is 24.0 Å². The molecule has 0 radical (unpaired) electrons. The minimum absolute atomic E-state index is 0.0332. The average molecular weight is 485 g/mol. The van der Waals surface area contributed by atoms with Crippen LogP contribution in [0.5, 0.6) is 0 Å². The Kier molecular flexibility index (Phi) is 10.4. The summed E-state index contributed by atoms with van der Waals surface area (Å²) < 4.78 is 14.6. The van der Waals surface area contributed by atoms with Gasteiger partial charge in [0.25, 0.3) is 5.91 Å². The van der Waals surface area contributed by atoms with Crippen molar-refractivity contribution in [3.63, 3.8) is 0 Å². The maximum atomic E-state index is 12.1. The number of hydrogen-bond acceptors (Lipinski definition) is 8. The smallest absolute Gasteiger partial charge is 0.338 e. The zero-order valence-corrected chi connectivity index (χ0v) is 19.8. The zero-order chi connectivity index (χ0) is 25.8. The van der Waals surface area contributed by atoms with Gasteiger partial charge in [-0.05, 0) is 68.8 Å². The maximum absolute atomic E-state index is 12.1. The summed E-state index contributed by atoms with van der Waals surface area (Å²) in [4.78, 5) is 59.1. The third-order valence-electron chi connectivity index (χ3n) is 4.49. The molecule has 0 aromatic heterocycles. The van der Waals surface area contributed by atoms with Gasteiger partial charge >= 0.3 is 17.9 Å². The molecule has 2 rings (SSSR count). The van der Waals surface area contributed by atoms with Crippen LogP contribution in [0.4, 0.5) is 11.4 Å². The molecule has 2 N–H and O–H groups in total. The second kappa shape index (κ2) is 13.5. The van der Waals surface area contributed by atoms with Crippen molar-refractivity contribution in [2.24, 2.45) is 0 Å². The Labute approximate surface area is 202 Å². The molecule has 35 heavy (non-hydrogen) atoms. The van der Waals surface area contributed by atoms with E-state index in [1.165, 1.54) is 31.4 Å². The number of ether oxygens (including phenoxy) is 3. The van der Waals surface area contributed by atoms with Crippen LogP contribution in [0.1, 0.15) is 53.8 Å². The van der Waals surface area contributed by atoms with E-state index in [4.69, 9.17) is 9.47 Å². The molecule has 10 nitrogen and oxygen atoms in total. The second-order valence-corrected chi connectivity index (χ2v) is 7.71. The fourth-order valence-electron chi connectivity index (χ4n) is 2.81. The van der Waals surface area contributed by atoms with Gasteiger partial charge in [0, 0.05) is 24.2 Å². The van der Waals surface area contributed by atoms with Crippen molar-refractivity contribution in [2.45, 2.75) is 39.2 Å². The van der Waals surface area contributed by atoms with E-state index in [-0.39, 0.29) is 31.3 Å². The quantitative estimate of drug-likeness (QED) is 0.366. The highest BCUT2D eigenvalue weighted by Gasteiger charge is 2.12. The molecule has 0 saturated heterocycles. The van der Waals surface area contributed by atoms with Crippen LogP contribution in [0, 0.1) is 0 Å². The van der Waals surface area contributed by atoms with Gasteiger partial charge < -0.3 is 24.8 Å². The molecular formula is C25H28N2O8. The van der Waals surface area contributed by atoms with Gasteiger partial charge in [0.1, 0.15) is 0 Å². The van der Waals surface area contributed by atoms with Crippen LogP contribution in [0.3, 0.4) is 0 Å². The maximum Gasteiger partial charge on any atom is 0.338 e. The van der Waals surface area contributed by atoms with Gasteiger partial charge in [-0.3, -0.25) is 14.4 Å². The molecule has 0 aliphatic rings. The number of anilines is 2. The summed E-state index contributed by atoms with van der Waals surface area (Å²) in [6.07, 6.45) is 0.0502. The summed E-state index contributed by atoms with van der Waals surface area (Å²) in [6, 6.07) is 12.3. The first-order valence-electron chi connectivity index (χ1n) is 10.9. The molecule has 0 fully saturated rings. The van der Waals surface area contributed by atoms with Crippen LogP contribution in [0.25, 0.3) is 0 Å². The summed E-state index contributed by atoms with van der Waals surface area (Å²) in [5.74, 6) is -2.39. The van der Waals surface area contributed by atoms with Gasteiger partial charge in [-0.15, -0.1) is 0 Å². The first-order chi connectivity index (χ1) is 16.7. The van der Waals surface area contributed by atoms with E-state index in [2.05, 4.69) is 15.4 Å². The molecule has 0 saturated carbocycles. The van der Waals surface area contributed by atoms with Crippen LogP contribution in [-0.2, 0) is 28.6 Å². The third kappa shape index (κ3) is 9.66. The van der Waals surface area contributed by atoms with Gasteiger partial charge in [-0.25, -0.2) is 9.59 Å². The summed E-state index contributed by atoms with van der Waals surface area (Å²) in [7, 11) is 1.27. The Morgan fingerprint density at radius 3 is 1.77 bits per heavy atom. The lowest BCUT2D eigenvalue weighted by molar-refractivity contribution is -0.147. The summed E-state index contributed by atoms with van der Waals surface area (Å²) in [5, 5.41) is 5.22. The van der Waals surface area contributed by atoms with Crippen molar-refractivity contribution in [3.8, 4) is 0 Å². The highest BCUT2D eigenvalue weighted by Crippen LogP contribution is 2.13. The molecule has 0 heterocycles. The molecule has 0 spiro atoms. The van der Waals surface area contributed by atoms with Crippen LogP contribution in [0.15, 0.2) is 48.5 Å². The van der Waals surface area contributed by atoms with Crippen molar-refractivity contribution in [1.82, 2.24) is 0 Å². The fraction of sp³-hybridized carbons (Fsp3) is 0.320. The number of carbonyl (C=O) groups is 5. The number of benzene rings is 2. The largest absolute Gasteiger partial charge is 0.465 e. The zero-order valence-electron chi connectivity index (χ0n) is 19.8. The molecule has 0 aliphatic carbocycles. The summed E-state index contributed by atoms with van der Waals surface area (Å²) in [6.45, 7) is 3.03. The topological polar surface area (TPSA) is 137 Å². The van der Waals surface area contributed by atoms with Gasteiger partial charge in [0.2, 0.25) is 5.91 Å². The number of esters is 3. The molecule has 0 bridgehead atoms. The van der Waals surface area contributed by atoms with E-state index in [1.54, 1.807) is 38.1 Å². The number of carbonyl (C=O) groups excluding carboxylic acids is 5. The SMILES string of the molecule is COC(=O)c1ccc(NC(=O)COC(=O)CCCC(=O)Nc2ccc(C(=O)OC(C)C)cc2)cc1. The first-order valence-corrected chi connectivity index (χ1v) is 10.9. The van der Waals surface area contributed by atoms with Crippen molar-refractivity contribution in [2.75, 3.05) is 24.4 Å². The highest BCUT2D eigenvalue weighted by atomic mass is 16.5. The van der Waals surface area contributed by atoms with Crippen LogP contribution >= 0.6 is 0 Å². The predicted molar refractivity (Wildman–Crippen MR) is 127 cm³/mol. The van der Waals surface area contributed by atoms with Crippen LogP contribution in [0.2, 0.25) is 0 Å². The minimum Gasteiger partial charge on any atom is -0.465 e. The van der Waals surface area contributed by atoms with E-state index in [1.807, 2.05) is 0 Å². The predicted octanol–water partition coefficient (Wildman–Crippen LogP) is 3.33. The average Bonchev–Trinajstić information content (AvgIpc) is 2.82. The van der Waals surface area contributed by atoms with Gasteiger partial charge in [-0.2, -0.15) is 0 Å². The molecule has 0 aliphatic heterocycles. The van der Waals surface area contributed by atoms with Crippen molar-refractivity contribution in [3.05, 3.63) is 59.7 Å². The summed E-state index contributed by atoms with van der Waals surface area (Å²) in [5.41, 5.74) is 1.65. The normalized spacial score (nSPS) is 10.3. The lowest BCUT2D eigenvalue weighted by Crippen LogP contribution is -2.21. The van der Waals surface area contributed by atoms with E-state index in [0.29, 0.717) is 22.5 Å². The number of rotatable bonds is 11. The fourth-order valence-corrected chi connectivity index (χ4v) is 2.81. The van der Waals surface area contributed by atoms with E-state index in [0.717, 1.165) is 0 Å². The Balaban J connectivity index is 1.65. The molecule has 2 aromatic rings. The third-order valence-corrected chi connectivity index (χ3v) is 4.49. The van der Waals surface area contributed by atoms with Crippen molar-refractivity contribution < 1.29 is 38.2 Å². The Morgan fingerprint density at radius 2 is 1.26 bits per heavy atom. The van der Waals surface area contributed by atoms with E-state index < -0.39 is 30.4 Å². The summed E-state index contributed by atoms with van der Waals surface area (Å²) >= 11 is 0. The number of hydrogen-bond donors (Lipinski definition) is 2. The van der Waals surface area contributed by atoms with Gasteiger partial charge in [-0.1, -0.05) is 0 Å². The Hall–Kier alpha value is -4.21. The van der Waals surface area contributed by atoms with Crippen molar-refractivity contribution >= 4 is 41.1 Å².